The van der Waals surface area contributed by atoms with Crippen molar-refractivity contribution in [3.63, 3.8) is 0 Å². The van der Waals surface area contributed by atoms with Gasteiger partial charge in [-0.3, -0.25) is 0 Å². The van der Waals surface area contributed by atoms with Crippen LogP contribution in [0.1, 0.15) is 31.9 Å². The third-order valence-corrected chi connectivity index (χ3v) is 3.94. The minimum atomic E-state index is -0.0206. The molecule has 112 valence electrons. The molecule has 0 spiro atoms. The predicted molar refractivity (Wildman–Crippen MR) is 90.8 cm³/mol. The molecule has 0 aromatic heterocycles. The molecular weight excluding hydrogens is 328 g/mol. The van der Waals surface area contributed by atoms with Crippen molar-refractivity contribution in [1.82, 2.24) is 0 Å². The molecule has 0 radical (unpaired) electrons. The van der Waals surface area contributed by atoms with Gasteiger partial charge >= 0.3 is 0 Å². The minimum absolute atomic E-state index is 0.0206. The van der Waals surface area contributed by atoms with Crippen LogP contribution in [0.2, 0.25) is 0 Å². The third kappa shape index (κ3) is 3.79. The van der Waals surface area contributed by atoms with E-state index in [1.807, 2.05) is 36.4 Å². The van der Waals surface area contributed by atoms with E-state index in [9.17, 15) is 0 Å². The van der Waals surface area contributed by atoms with E-state index in [1.165, 1.54) is 0 Å². The SMILES string of the molecule is COc1ccc(Oc2ccccc2CBr)c(C(C)(C)C)c1. The molecule has 0 saturated heterocycles. The number of ether oxygens (including phenoxy) is 2. The van der Waals surface area contributed by atoms with E-state index in [-0.39, 0.29) is 5.41 Å². The van der Waals surface area contributed by atoms with E-state index in [0.717, 1.165) is 33.7 Å². The number of alkyl halides is 1. The molecule has 0 amide bonds. The molecule has 0 unspecified atom stereocenters. The van der Waals surface area contributed by atoms with Crippen LogP contribution in [-0.2, 0) is 10.7 Å². The molecule has 0 fully saturated rings. The molecule has 0 aliphatic carbocycles. The highest BCUT2D eigenvalue weighted by Gasteiger charge is 2.20. The van der Waals surface area contributed by atoms with Gasteiger partial charge in [-0.05, 0) is 29.7 Å². The van der Waals surface area contributed by atoms with Gasteiger partial charge in [0.1, 0.15) is 17.2 Å². The second-order valence-corrected chi connectivity index (χ2v) is 6.52. The van der Waals surface area contributed by atoms with Crippen LogP contribution in [0.15, 0.2) is 42.5 Å². The molecule has 21 heavy (non-hydrogen) atoms. The van der Waals surface area contributed by atoms with Gasteiger partial charge in [0, 0.05) is 16.5 Å². The van der Waals surface area contributed by atoms with E-state index in [2.05, 4.69) is 42.8 Å². The molecule has 0 N–H and O–H groups in total. The first kappa shape index (κ1) is 15.9. The van der Waals surface area contributed by atoms with Crippen LogP contribution in [0, 0.1) is 0 Å². The Morgan fingerprint density at radius 1 is 1.00 bits per heavy atom. The Bertz CT molecular complexity index is 615. The molecule has 0 atom stereocenters. The maximum Gasteiger partial charge on any atom is 0.131 e. The lowest BCUT2D eigenvalue weighted by Crippen LogP contribution is -2.13. The molecule has 0 aliphatic rings. The van der Waals surface area contributed by atoms with Gasteiger partial charge in [-0.25, -0.2) is 0 Å². The highest BCUT2D eigenvalue weighted by molar-refractivity contribution is 9.08. The number of methoxy groups -OCH3 is 1. The van der Waals surface area contributed by atoms with Crippen LogP contribution in [0.5, 0.6) is 17.2 Å². The molecule has 0 saturated carbocycles. The highest BCUT2D eigenvalue weighted by Crippen LogP contribution is 2.37. The quantitative estimate of drug-likeness (QED) is 0.661. The maximum absolute atomic E-state index is 6.17. The lowest BCUT2D eigenvalue weighted by molar-refractivity contribution is 0.407. The van der Waals surface area contributed by atoms with Gasteiger partial charge in [0.05, 0.1) is 7.11 Å². The zero-order valence-corrected chi connectivity index (χ0v) is 14.5. The number of para-hydroxylation sites is 1. The summed E-state index contributed by atoms with van der Waals surface area (Å²) in [4.78, 5) is 0. The summed E-state index contributed by atoms with van der Waals surface area (Å²) in [5.74, 6) is 2.60. The molecule has 3 heteroatoms. The van der Waals surface area contributed by atoms with Crippen molar-refractivity contribution in [3.05, 3.63) is 53.6 Å². The first-order chi connectivity index (χ1) is 9.95. The fraction of sp³-hybridized carbons (Fsp3) is 0.333. The highest BCUT2D eigenvalue weighted by atomic mass is 79.9. The Morgan fingerprint density at radius 2 is 1.71 bits per heavy atom. The minimum Gasteiger partial charge on any atom is -0.497 e. The number of rotatable bonds is 4. The van der Waals surface area contributed by atoms with Gasteiger partial charge < -0.3 is 9.47 Å². The largest absolute Gasteiger partial charge is 0.497 e. The summed E-state index contributed by atoms with van der Waals surface area (Å²) < 4.78 is 11.5. The van der Waals surface area contributed by atoms with Crippen molar-refractivity contribution >= 4 is 15.9 Å². The number of halogens is 1. The lowest BCUT2D eigenvalue weighted by Gasteiger charge is -2.24. The number of hydrogen-bond donors (Lipinski definition) is 0. The van der Waals surface area contributed by atoms with Crippen molar-refractivity contribution in [3.8, 4) is 17.2 Å². The summed E-state index contributed by atoms with van der Waals surface area (Å²) in [5.41, 5.74) is 2.24. The molecule has 2 aromatic carbocycles. The number of benzene rings is 2. The molecule has 2 nitrogen and oxygen atoms in total. The van der Waals surface area contributed by atoms with Crippen molar-refractivity contribution in [2.45, 2.75) is 31.5 Å². The zero-order chi connectivity index (χ0) is 15.5. The summed E-state index contributed by atoms with van der Waals surface area (Å²) >= 11 is 3.50. The van der Waals surface area contributed by atoms with Gasteiger partial charge in [0.2, 0.25) is 0 Å². The van der Waals surface area contributed by atoms with Crippen LogP contribution in [0.25, 0.3) is 0 Å². The van der Waals surface area contributed by atoms with E-state index in [0.29, 0.717) is 0 Å². The van der Waals surface area contributed by atoms with Crippen LogP contribution in [0.3, 0.4) is 0 Å². The average molecular weight is 349 g/mol. The summed E-state index contributed by atoms with van der Waals surface area (Å²) in [7, 11) is 1.68. The van der Waals surface area contributed by atoms with Gasteiger partial charge in [0.25, 0.3) is 0 Å². The summed E-state index contributed by atoms with van der Waals surface area (Å²) in [5, 5.41) is 0.768. The normalized spacial score (nSPS) is 11.3. The van der Waals surface area contributed by atoms with Crippen LogP contribution in [0.4, 0.5) is 0 Å². The third-order valence-electron chi connectivity index (χ3n) is 3.33. The standard InChI is InChI=1S/C18H21BrO2/c1-18(2,3)15-11-14(20-4)9-10-17(15)21-16-8-6-5-7-13(16)12-19/h5-11H,12H2,1-4H3. The first-order valence-electron chi connectivity index (χ1n) is 6.96. The second kappa shape index (κ2) is 6.52. The fourth-order valence-electron chi connectivity index (χ4n) is 2.14. The predicted octanol–water partition coefficient (Wildman–Crippen LogP) is 5.68. The monoisotopic (exact) mass is 348 g/mol. The Kier molecular flexibility index (Phi) is 4.94. The molecule has 2 aromatic rings. The number of hydrogen-bond acceptors (Lipinski definition) is 2. The van der Waals surface area contributed by atoms with Gasteiger partial charge in [0.15, 0.2) is 0 Å². The van der Waals surface area contributed by atoms with E-state index < -0.39 is 0 Å². The first-order valence-corrected chi connectivity index (χ1v) is 8.08. The van der Waals surface area contributed by atoms with E-state index >= 15 is 0 Å². The summed E-state index contributed by atoms with van der Waals surface area (Å²) in [6, 6.07) is 14.0. The van der Waals surface area contributed by atoms with Crippen LogP contribution in [-0.4, -0.2) is 7.11 Å². The van der Waals surface area contributed by atoms with Crippen LogP contribution < -0.4 is 9.47 Å². The molecule has 0 aliphatic heterocycles. The second-order valence-electron chi connectivity index (χ2n) is 5.96. The molecule has 2 rings (SSSR count). The van der Waals surface area contributed by atoms with Crippen molar-refractivity contribution < 1.29 is 9.47 Å². The maximum atomic E-state index is 6.17. The molecule has 0 bridgehead atoms. The van der Waals surface area contributed by atoms with Crippen molar-refractivity contribution in [2.75, 3.05) is 7.11 Å². The Hall–Kier alpha value is -1.48. The van der Waals surface area contributed by atoms with E-state index in [1.54, 1.807) is 7.11 Å². The average Bonchev–Trinajstić information content (AvgIpc) is 2.47. The smallest absolute Gasteiger partial charge is 0.131 e. The fourth-order valence-corrected chi connectivity index (χ4v) is 2.61. The van der Waals surface area contributed by atoms with E-state index in [4.69, 9.17) is 9.47 Å². The van der Waals surface area contributed by atoms with Gasteiger partial charge in [-0.15, -0.1) is 0 Å². The molecule has 0 heterocycles. The Balaban J connectivity index is 2.44. The summed E-state index contributed by atoms with van der Waals surface area (Å²) in [6.07, 6.45) is 0. The van der Waals surface area contributed by atoms with Gasteiger partial charge in [-0.1, -0.05) is 54.9 Å². The van der Waals surface area contributed by atoms with Crippen molar-refractivity contribution in [2.24, 2.45) is 0 Å². The molecular formula is C18H21BrO2. The van der Waals surface area contributed by atoms with Crippen LogP contribution >= 0.6 is 15.9 Å². The Labute approximate surface area is 135 Å². The Morgan fingerprint density at radius 3 is 2.33 bits per heavy atom. The lowest BCUT2D eigenvalue weighted by atomic mass is 9.86. The van der Waals surface area contributed by atoms with Crippen molar-refractivity contribution in [1.29, 1.82) is 0 Å². The zero-order valence-electron chi connectivity index (χ0n) is 12.9. The topological polar surface area (TPSA) is 18.5 Å². The summed E-state index contributed by atoms with van der Waals surface area (Å²) in [6.45, 7) is 6.51. The van der Waals surface area contributed by atoms with Gasteiger partial charge in [-0.2, -0.15) is 0 Å².